The molecule has 1 N–H and O–H groups in total. The Balaban J connectivity index is 0.00000128. The largest absolute Gasteiger partial charge is 0.312 e. The summed E-state index contributed by atoms with van der Waals surface area (Å²) >= 11 is 0. The van der Waals surface area contributed by atoms with Gasteiger partial charge in [0, 0.05) is 5.54 Å². The molecule has 1 nitrogen and oxygen atoms in total. The van der Waals surface area contributed by atoms with Crippen LogP contribution in [0.25, 0.3) is 0 Å². The fraction of sp³-hybridized carbons (Fsp3) is 0.571. The molecule has 16 heavy (non-hydrogen) atoms. The van der Waals surface area contributed by atoms with Crippen LogP contribution in [-0.4, -0.2) is 12.1 Å². The lowest BCUT2D eigenvalue weighted by Crippen LogP contribution is -2.35. The molecular weight excluding hydrogens is 218 g/mol. The molecule has 0 radical (unpaired) electrons. The van der Waals surface area contributed by atoms with Gasteiger partial charge in [0.25, 0.3) is 0 Å². The standard InChI is InChI=1S/C14H21N.ClH/c1-14(11-6-12-15-14)10-5-9-13-7-3-2-4-8-13;/h2-4,7-8,15H,5-6,9-12H2,1H3;1H. The molecule has 0 saturated carbocycles. The topological polar surface area (TPSA) is 12.0 Å². The molecule has 1 saturated heterocycles. The number of aryl methyl sites for hydroxylation is 1. The van der Waals surface area contributed by atoms with Crippen LogP contribution in [0.3, 0.4) is 0 Å². The van der Waals surface area contributed by atoms with E-state index in [-0.39, 0.29) is 12.4 Å². The molecule has 1 atom stereocenters. The van der Waals surface area contributed by atoms with E-state index in [9.17, 15) is 0 Å². The van der Waals surface area contributed by atoms with Gasteiger partial charge in [0.15, 0.2) is 0 Å². The van der Waals surface area contributed by atoms with Crippen LogP contribution in [0.1, 0.15) is 38.2 Å². The van der Waals surface area contributed by atoms with Gasteiger partial charge in [0.1, 0.15) is 0 Å². The molecule has 0 bridgehead atoms. The van der Waals surface area contributed by atoms with Crippen LogP contribution >= 0.6 is 12.4 Å². The quantitative estimate of drug-likeness (QED) is 0.847. The van der Waals surface area contributed by atoms with E-state index in [4.69, 9.17) is 0 Å². The van der Waals surface area contributed by atoms with Crippen LogP contribution in [0.4, 0.5) is 0 Å². The summed E-state index contributed by atoms with van der Waals surface area (Å²) in [5.41, 5.74) is 1.90. The molecule has 1 heterocycles. The van der Waals surface area contributed by atoms with E-state index in [1.54, 1.807) is 0 Å². The van der Waals surface area contributed by atoms with Crippen molar-refractivity contribution in [3.63, 3.8) is 0 Å². The van der Waals surface area contributed by atoms with Crippen LogP contribution in [0.5, 0.6) is 0 Å². The first-order valence-corrected chi connectivity index (χ1v) is 6.07. The Hall–Kier alpha value is -0.530. The van der Waals surface area contributed by atoms with Gasteiger partial charge in [-0.3, -0.25) is 0 Å². The second-order valence-electron chi connectivity index (χ2n) is 4.93. The normalized spacial score (nSPS) is 24.1. The smallest absolute Gasteiger partial charge is 0.0153 e. The molecule has 1 aliphatic rings. The van der Waals surface area contributed by atoms with Gasteiger partial charge in [-0.1, -0.05) is 30.3 Å². The van der Waals surface area contributed by atoms with Crippen molar-refractivity contribution in [3.8, 4) is 0 Å². The number of nitrogens with one attached hydrogen (secondary N) is 1. The summed E-state index contributed by atoms with van der Waals surface area (Å²) in [6.07, 6.45) is 6.52. The summed E-state index contributed by atoms with van der Waals surface area (Å²) in [6.45, 7) is 3.58. The van der Waals surface area contributed by atoms with Crippen molar-refractivity contribution in [1.29, 1.82) is 0 Å². The highest BCUT2D eigenvalue weighted by Gasteiger charge is 2.26. The van der Waals surface area contributed by atoms with Crippen molar-refractivity contribution < 1.29 is 0 Å². The molecule has 0 amide bonds. The number of rotatable bonds is 4. The summed E-state index contributed by atoms with van der Waals surface area (Å²) < 4.78 is 0. The Morgan fingerprint density at radius 1 is 1.25 bits per heavy atom. The van der Waals surface area contributed by atoms with Crippen molar-refractivity contribution in [1.82, 2.24) is 5.32 Å². The average Bonchev–Trinajstić information content (AvgIpc) is 2.67. The molecule has 0 spiro atoms. The third-order valence-corrected chi connectivity index (χ3v) is 3.49. The first-order chi connectivity index (χ1) is 7.29. The minimum absolute atomic E-state index is 0. The van der Waals surface area contributed by atoms with Crippen molar-refractivity contribution >= 4 is 12.4 Å². The minimum atomic E-state index is 0. The van der Waals surface area contributed by atoms with Crippen LogP contribution in [-0.2, 0) is 6.42 Å². The maximum absolute atomic E-state index is 3.62. The Morgan fingerprint density at radius 2 is 2.00 bits per heavy atom. The third kappa shape index (κ3) is 3.80. The summed E-state index contributed by atoms with van der Waals surface area (Å²) in [4.78, 5) is 0. The Labute approximate surface area is 105 Å². The maximum Gasteiger partial charge on any atom is 0.0153 e. The van der Waals surface area contributed by atoms with Gasteiger partial charge < -0.3 is 5.32 Å². The summed E-state index contributed by atoms with van der Waals surface area (Å²) in [7, 11) is 0. The average molecular weight is 240 g/mol. The highest BCUT2D eigenvalue weighted by Crippen LogP contribution is 2.24. The number of hydrogen-bond donors (Lipinski definition) is 1. The Bertz CT molecular complexity index is 291. The van der Waals surface area contributed by atoms with Crippen LogP contribution < -0.4 is 5.32 Å². The number of benzene rings is 1. The first kappa shape index (κ1) is 13.5. The molecule has 1 aromatic rings. The molecule has 1 unspecified atom stereocenters. The van der Waals surface area contributed by atoms with E-state index in [0.29, 0.717) is 5.54 Å². The molecule has 1 aromatic carbocycles. The molecule has 2 heteroatoms. The predicted octanol–water partition coefficient (Wildman–Crippen LogP) is 3.57. The lowest BCUT2D eigenvalue weighted by atomic mass is 9.92. The van der Waals surface area contributed by atoms with E-state index in [1.165, 1.54) is 44.2 Å². The number of hydrogen-bond acceptors (Lipinski definition) is 1. The van der Waals surface area contributed by atoms with E-state index >= 15 is 0 Å². The molecule has 1 fully saturated rings. The van der Waals surface area contributed by atoms with Crippen molar-refractivity contribution in [2.24, 2.45) is 0 Å². The lowest BCUT2D eigenvalue weighted by molar-refractivity contribution is 0.373. The number of halogens is 1. The van der Waals surface area contributed by atoms with Gasteiger partial charge in [-0.2, -0.15) is 0 Å². The highest BCUT2D eigenvalue weighted by molar-refractivity contribution is 5.85. The first-order valence-electron chi connectivity index (χ1n) is 6.07. The van der Waals surface area contributed by atoms with Gasteiger partial charge in [0.05, 0.1) is 0 Å². The van der Waals surface area contributed by atoms with Gasteiger partial charge in [-0.25, -0.2) is 0 Å². The summed E-state index contributed by atoms with van der Waals surface area (Å²) in [6, 6.07) is 10.8. The van der Waals surface area contributed by atoms with Gasteiger partial charge in [0.2, 0.25) is 0 Å². The van der Waals surface area contributed by atoms with Crippen molar-refractivity contribution in [2.75, 3.05) is 6.54 Å². The zero-order chi connectivity index (χ0) is 10.6. The monoisotopic (exact) mass is 239 g/mol. The van der Waals surface area contributed by atoms with E-state index in [1.807, 2.05) is 0 Å². The Morgan fingerprint density at radius 3 is 2.62 bits per heavy atom. The maximum atomic E-state index is 3.62. The van der Waals surface area contributed by atoms with Gasteiger partial charge in [-0.15, -0.1) is 12.4 Å². The molecule has 1 aliphatic heterocycles. The van der Waals surface area contributed by atoms with Gasteiger partial charge in [-0.05, 0) is 51.1 Å². The van der Waals surface area contributed by atoms with E-state index in [0.717, 1.165) is 0 Å². The molecule has 0 aromatic heterocycles. The molecule has 90 valence electrons. The summed E-state index contributed by atoms with van der Waals surface area (Å²) in [5.74, 6) is 0. The third-order valence-electron chi connectivity index (χ3n) is 3.49. The Kier molecular flexibility index (Phi) is 5.30. The van der Waals surface area contributed by atoms with E-state index < -0.39 is 0 Å². The zero-order valence-corrected chi connectivity index (χ0v) is 10.9. The molecular formula is C14H22ClN. The predicted molar refractivity (Wildman–Crippen MR) is 72.3 cm³/mol. The highest BCUT2D eigenvalue weighted by atomic mass is 35.5. The van der Waals surface area contributed by atoms with Crippen molar-refractivity contribution in [3.05, 3.63) is 35.9 Å². The zero-order valence-electron chi connectivity index (χ0n) is 10.0. The van der Waals surface area contributed by atoms with Crippen LogP contribution in [0, 0.1) is 0 Å². The van der Waals surface area contributed by atoms with Crippen molar-refractivity contribution in [2.45, 2.75) is 44.6 Å². The molecule has 2 rings (SSSR count). The van der Waals surface area contributed by atoms with Crippen LogP contribution in [0.15, 0.2) is 30.3 Å². The fourth-order valence-corrected chi connectivity index (χ4v) is 2.50. The minimum Gasteiger partial charge on any atom is -0.312 e. The molecule has 0 aliphatic carbocycles. The summed E-state index contributed by atoms with van der Waals surface area (Å²) in [5, 5.41) is 3.62. The fourth-order valence-electron chi connectivity index (χ4n) is 2.50. The van der Waals surface area contributed by atoms with E-state index in [2.05, 4.69) is 42.6 Å². The second-order valence-corrected chi connectivity index (χ2v) is 4.93. The van der Waals surface area contributed by atoms with Crippen LogP contribution in [0.2, 0.25) is 0 Å². The lowest BCUT2D eigenvalue weighted by Gasteiger charge is -2.24. The van der Waals surface area contributed by atoms with Gasteiger partial charge >= 0.3 is 0 Å². The second kappa shape index (κ2) is 6.27. The SMILES string of the molecule is CC1(CCCc2ccccc2)CCCN1.Cl.